The number of carbonyl (C=O) groups excluding carboxylic acids is 1. The third-order valence-electron chi connectivity index (χ3n) is 6.23. The Morgan fingerprint density at radius 3 is 2.46 bits per heavy atom. The van der Waals surface area contributed by atoms with E-state index in [2.05, 4.69) is 9.74 Å². The number of nitrogens with zero attached hydrogens (tertiary/aromatic N) is 2. The highest BCUT2D eigenvalue weighted by atomic mass is 16.5. The Kier molecular flexibility index (Phi) is 6.46. The molecule has 0 amide bonds. The molecule has 28 heavy (non-hydrogen) atoms. The molecule has 6 heteroatoms. The number of hydrogen-bond donors (Lipinski definition) is 0. The molecule has 1 heterocycles. The quantitative estimate of drug-likeness (QED) is 0.550. The van der Waals surface area contributed by atoms with Crippen molar-refractivity contribution in [2.24, 2.45) is 0 Å². The second-order valence-electron chi connectivity index (χ2n) is 7.77. The molecule has 2 fully saturated rings. The Labute approximate surface area is 167 Å². The SMILES string of the molecule is [C-]#[N+]C1(c2ccc(OC)c(OC3CCCC3)c2)CCN([C@@H](C)C(=O)OC)CC1. The first-order valence-electron chi connectivity index (χ1n) is 10.1. The van der Waals surface area contributed by atoms with Crippen molar-refractivity contribution in [1.29, 1.82) is 0 Å². The minimum Gasteiger partial charge on any atom is -0.493 e. The smallest absolute Gasteiger partial charge is 0.322 e. The summed E-state index contributed by atoms with van der Waals surface area (Å²) in [6.45, 7) is 11.1. The number of benzene rings is 1. The molecular formula is C22H30N2O4. The summed E-state index contributed by atoms with van der Waals surface area (Å²) in [5.41, 5.74) is 0.383. The van der Waals surface area contributed by atoms with Crippen molar-refractivity contribution < 1.29 is 19.0 Å². The average molecular weight is 386 g/mol. The zero-order valence-electron chi connectivity index (χ0n) is 17.1. The van der Waals surface area contributed by atoms with Crippen LogP contribution < -0.4 is 9.47 Å². The van der Waals surface area contributed by atoms with Crippen molar-refractivity contribution in [2.75, 3.05) is 27.3 Å². The van der Waals surface area contributed by atoms with Gasteiger partial charge in [-0.15, -0.1) is 0 Å². The number of hydrogen-bond acceptors (Lipinski definition) is 5. The van der Waals surface area contributed by atoms with Gasteiger partial charge < -0.3 is 19.1 Å². The summed E-state index contributed by atoms with van der Waals surface area (Å²) in [4.78, 5) is 18.0. The number of rotatable bonds is 6. The molecule has 0 N–H and O–H groups in total. The normalized spacial score (nSPS) is 20.9. The van der Waals surface area contributed by atoms with Gasteiger partial charge in [-0.05, 0) is 50.8 Å². The predicted molar refractivity (Wildman–Crippen MR) is 106 cm³/mol. The molecule has 1 saturated heterocycles. The van der Waals surface area contributed by atoms with E-state index >= 15 is 0 Å². The van der Waals surface area contributed by atoms with Crippen molar-refractivity contribution in [2.45, 2.75) is 63.1 Å². The van der Waals surface area contributed by atoms with Gasteiger partial charge in [-0.25, -0.2) is 6.57 Å². The summed E-state index contributed by atoms with van der Waals surface area (Å²) in [7, 11) is 3.06. The van der Waals surface area contributed by atoms with Crippen LogP contribution >= 0.6 is 0 Å². The van der Waals surface area contributed by atoms with Crippen LogP contribution in [0.5, 0.6) is 11.5 Å². The van der Waals surface area contributed by atoms with Gasteiger partial charge in [-0.1, -0.05) is 0 Å². The number of piperidine rings is 1. The monoisotopic (exact) mass is 386 g/mol. The number of esters is 1. The van der Waals surface area contributed by atoms with Gasteiger partial charge >= 0.3 is 5.97 Å². The average Bonchev–Trinajstić information content (AvgIpc) is 3.25. The summed E-state index contributed by atoms with van der Waals surface area (Å²) < 4.78 is 16.6. The molecule has 6 nitrogen and oxygen atoms in total. The van der Waals surface area contributed by atoms with E-state index in [1.165, 1.54) is 20.0 Å². The van der Waals surface area contributed by atoms with Gasteiger partial charge in [0.2, 0.25) is 0 Å². The fourth-order valence-corrected chi connectivity index (χ4v) is 4.31. The lowest BCUT2D eigenvalue weighted by atomic mass is 9.81. The molecular weight excluding hydrogens is 356 g/mol. The van der Waals surface area contributed by atoms with E-state index in [4.69, 9.17) is 20.8 Å². The molecule has 1 aromatic rings. The minimum absolute atomic E-state index is 0.230. The molecule has 0 aromatic heterocycles. The first-order valence-corrected chi connectivity index (χ1v) is 10.1. The summed E-state index contributed by atoms with van der Waals surface area (Å²) in [6, 6.07) is 5.60. The second kappa shape index (κ2) is 8.83. The number of likely N-dealkylation sites (tertiary alicyclic amines) is 1. The third-order valence-corrected chi connectivity index (χ3v) is 6.23. The van der Waals surface area contributed by atoms with E-state index in [-0.39, 0.29) is 18.1 Å². The molecule has 0 unspecified atom stereocenters. The van der Waals surface area contributed by atoms with Crippen LogP contribution in [0.3, 0.4) is 0 Å². The predicted octanol–water partition coefficient (Wildman–Crippen LogP) is 3.79. The van der Waals surface area contributed by atoms with E-state index in [0.717, 1.165) is 24.2 Å². The van der Waals surface area contributed by atoms with Gasteiger partial charge in [-0.2, -0.15) is 0 Å². The maximum atomic E-state index is 11.8. The lowest BCUT2D eigenvalue weighted by molar-refractivity contribution is -0.146. The fraction of sp³-hybridized carbons (Fsp3) is 0.636. The van der Waals surface area contributed by atoms with E-state index in [1.54, 1.807) is 7.11 Å². The van der Waals surface area contributed by atoms with Crippen LogP contribution in [0.25, 0.3) is 4.85 Å². The molecule has 3 rings (SSSR count). The molecule has 2 aliphatic rings. The van der Waals surface area contributed by atoms with Crippen LogP contribution in [-0.2, 0) is 15.1 Å². The lowest BCUT2D eigenvalue weighted by Crippen LogP contribution is -2.48. The van der Waals surface area contributed by atoms with Gasteiger partial charge in [0.05, 0.1) is 20.3 Å². The molecule has 1 saturated carbocycles. The highest BCUT2D eigenvalue weighted by molar-refractivity contribution is 5.75. The largest absolute Gasteiger partial charge is 0.493 e. The van der Waals surface area contributed by atoms with Crippen LogP contribution in [0, 0.1) is 6.57 Å². The second-order valence-corrected chi connectivity index (χ2v) is 7.77. The summed E-state index contributed by atoms with van der Waals surface area (Å²) in [5, 5.41) is 0. The molecule has 152 valence electrons. The van der Waals surface area contributed by atoms with Crippen LogP contribution in [0.1, 0.15) is 51.0 Å². The van der Waals surface area contributed by atoms with Crippen LogP contribution in [0.4, 0.5) is 0 Å². The Balaban J connectivity index is 1.79. The van der Waals surface area contributed by atoms with E-state index < -0.39 is 5.54 Å². The molecule has 0 bridgehead atoms. The molecule has 1 aliphatic carbocycles. The molecule has 1 aliphatic heterocycles. The van der Waals surface area contributed by atoms with Crippen LogP contribution in [0.2, 0.25) is 0 Å². The highest BCUT2D eigenvalue weighted by Crippen LogP contribution is 2.42. The first kappa shape index (κ1) is 20.5. The maximum Gasteiger partial charge on any atom is 0.322 e. The molecule has 1 aromatic carbocycles. The van der Waals surface area contributed by atoms with Gasteiger partial charge in [0, 0.05) is 31.5 Å². The fourth-order valence-electron chi connectivity index (χ4n) is 4.31. The number of ether oxygens (including phenoxy) is 3. The van der Waals surface area contributed by atoms with Crippen molar-refractivity contribution >= 4 is 5.97 Å². The third kappa shape index (κ3) is 4.10. The Hall–Kier alpha value is -2.26. The lowest BCUT2D eigenvalue weighted by Gasteiger charge is -2.36. The maximum absolute atomic E-state index is 11.8. The molecule has 1 atom stereocenters. The highest BCUT2D eigenvalue weighted by Gasteiger charge is 2.44. The zero-order chi connectivity index (χ0) is 20.1. The number of methoxy groups -OCH3 is 2. The standard InChI is InChI=1S/C22H30N2O4/c1-16(21(25)27-4)24-13-11-22(23-2,12-14-24)17-9-10-19(26-3)20(15-17)28-18-7-5-6-8-18/h9-10,15-16,18H,5-8,11-14H2,1,3-4H3/t16-/m0/s1. The van der Waals surface area contributed by atoms with Crippen molar-refractivity contribution in [3.63, 3.8) is 0 Å². The molecule has 0 radical (unpaired) electrons. The Morgan fingerprint density at radius 1 is 1.21 bits per heavy atom. The van der Waals surface area contributed by atoms with Crippen LogP contribution in [0.15, 0.2) is 18.2 Å². The summed E-state index contributed by atoms with van der Waals surface area (Å²) in [5.74, 6) is 1.22. The number of carbonyl (C=O) groups is 1. The van der Waals surface area contributed by atoms with E-state index in [9.17, 15) is 4.79 Å². The first-order chi connectivity index (χ1) is 13.5. The van der Waals surface area contributed by atoms with Crippen molar-refractivity contribution in [3.8, 4) is 11.5 Å². The minimum atomic E-state index is -0.591. The molecule has 0 spiro atoms. The van der Waals surface area contributed by atoms with E-state index in [0.29, 0.717) is 31.7 Å². The summed E-state index contributed by atoms with van der Waals surface area (Å²) in [6.07, 6.45) is 6.12. The zero-order valence-corrected chi connectivity index (χ0v) is 17.1. The van der Waals surface area contributed by atoms with Gasteiger partial charge in [0.15, 0.2) is 11.5 Å². The van der Waals surface area contributed by atoms with E-state index in [1.807, 2.05) is 25.1 Å². The van der Waals surface area contributed by atoms with Crippen LogP contribution in [-0.4, -0.2) is 50.3 Å². The Bertz CT molecular complexity index is 729. The van der Waals surface area contributed by atoms with Crippen molar-refractivity contribution in [1.82, 2.24) is 4.90 Å². The summed E-state index contributed by atoms with van der Waals surface area (Å²) >= 11 is 0. The van der Waals surface area contributed by atoms with Gasteiger partial charge in [0.1, 0.15) is 6.04 Å². The Morgan fingerprint density at radius 2 is 1.89 bits per heavy atom. The van der Waals surface area contributed by atoms with Crippen molar-refractivity contribution in [3.05, 3.63) is 35.2 Å². The topological polar surface area (TPSA) is 52.4 Å². The van der Waals surface area contributed by atoms with Gasteiger partial charge in [-0.3, -0.25) is 9.69 Å². The van der Waals surface area contributed by atoms with Gasteiger partial charge in [0.25, 0.3) is 5.54 Å².